The first-order valence-corrected chi connectivity index (χ1v) is 6.52. The van der Waals surface area contributed by atoms with Gasteiger partial charge in [-0.05, 0) is 42.5 Å². The normalized spacial score (nSPS) is 10.2. The van der Waals surface area contributed by atoms with Crippen molar-refractivity contribution in [2.45, 2.75) is 0 Å². The summed E-state index contributed by atoms with van der Waals surface area (Å²) in [6.45, 7) is 0. The van der Waals surface area contributed by atoms with Crippen LogP contribution in [0.4, 0.5) is 21.5 Å². The Hall–Kier alpha value is -2.14. The summed E-state index contributed by atoms with van der Waals surface area (Å²) in [5.74, 6) is -0.382. The molecule has 0 spiro atoms. The van der Waals surface area contributed by atoms with Gasteiger partial charge < -0.3 is 16.0 Å². The highest BCUT2D eigenvalue weighted by atomic mass is 32.1. The van der Waals surface area contributed by atoms with Gasteiger partial charge in [0.1, 0.15) is 10.8 Å². The van der Waals surface area contributed by atoms with Crippen LogP contribution in [-0.2, 0) is 0 Å². The number of nitrogens with zero attached hydrogens (tertiary/aromatic N) is 1. The Labute approximate surface area is 123 Å². The molecule has 0 fully saturated rings. The van der Waals surface area contributed by atoms with Crippen LogP contribution in [0.3, 0.4) is 0 Å². The first-order chi connectivity index (χ1) is 9.47. The van der Waals surface area contributed by atoms with Crippen LogP contribution in [-0.4, -0.2) is 19.1 Å². The number of hydrogen-bond acceptors (Lipinski definition) is 3. The highest BCUT2D eigenvalue weighted by Crippen LogP contribution is 2.23. The fraction of sp³-hybridized carbons (Fsp3) is 0.133. The first-order valence-electron chi connectivity index (χ1n) is 6.11. The van der Waals surface area contributed by atoms with E-state index in [-0.39, 0.29) is 10.8 Å². The number of halogens is 1. The standard InChI is InChI=1S/C15H16FN3S/c1-19(2)12-6-4-11(5-7-12)18-14-8-3-10(15(17)20)9-13(14)16/h3-9,18H,1-2H3,(H2,17,20). The van der Waals surface area contributed by atoms with E-state index in [9.17, 15) is 4.39 Å². The predicted molar refractivity (Wildman–Crippen MR) is 86.3 cm³/mol. The van der Waals surface area contributed by atoms with Crippen LogP contribution in [0.15, 0.2) is 42.5 Å². The topological polar surface area (TPSA) is 41.3 Å². The molecule has 0 radical (unpaired) electrons. The molecule has 5 heteroatoms. The third kappa shape index (κ3) is 3.24. The second-order valence-corrected chi connectivity index (χ2v) is 5.07. The molecule has 0 aromatic heterocycles. The average molecular weight is 289 g/mol. The minimum absolute atomic E-state index is 0.186. The van der Waals surface area contributed by atoms with Crippen molar-refractivity contribution in [2.75, 3.05) is 24.3 Å². The number of anilines is 3. The van der Waals surface area contributed by atoms with E-state index >= 15 is 0 Å². The molecule has 0 aliphatic carbocycles. The molecule has 20 heavy (non-hydrogen) atoms. The summed E-state index contributed by atoms with van der Waals surface area (Å²) in [6, 6.07) is 12.4. The zero-order valence-corrected chi connectivity index (χ0v) is 12.2. The number of hydrogen-bond donors (Lipinski definition) is 2. The van der Waals surface area contributed by atoms with Gasteiger partial charge in [-0.25, -0.2) is 4.39 Å². The SMILES string of the molecule is CN(C)c1ccc(Nc2ccc(C(N)=S)cc2F)cc1. The van der Waals surface area contributed by atoms with Crippen LogP contribution >= 0.6 is 12.2 Å². The molecule has 2 rings (SSSR count). The fourth-order valence-corrected chi connectivity index (χ4v) is 1.90. The van der Waals surface area contributed by atoms with E-state index in [4.69, 9.17) is 18.0 Å². The molecule has 0 aliphatic rings. The molecular weight excluding hydrogens is 273 g/mol. The Morgan fingerprint density at radius 2 is 1.80 bits per heavy atom. The number of thiocarbonyl (C=S) groups is 1. The van der Waals surface area contributed by atoms with Gasteiger partial charge in [0.25, 0.3) is 0 Å². The molecule has 0 unspecified atom stereocenters. The molecule has 0 heterocycles. The maximum absolute atomic E-state index is 13.9. The van der Waals surface area contributed by atoms with Crippen molar-refractivity contribution in [1.82, 2.24) is 0 Å². The molecular formula is C15H16FN3S. The van der Waals surface area contributed by atoms with E-state index in [1.807, 2.05) is 43.3 Å². The van der Waals surface area contributed by atoms with Crippen molar-refractivity contribution in [1.29, 1.82) is 0 Å². The number of rotatable bonds is 4. The summed E-state index contributed by atoms with van der Waals surface area (Å²) in [5, 5.41) is 3.03. The Kier molecular flexibility index (Phi) is 4.20. The number of nitrogens with one attached hydrogen (secondary N) is 1. The van der Waals surface area contributed by atoms with Crippen LogP contribution in [0.25, 0.3) is 0 Å². The van der Waals surface area contributed by atoms with Gasteiger partial charge in [0.15, 0.2) is 0 Å². The maximum Gasteiger partial charge on any atom is 0.147 e. The molecule has 0 amide bonds. The minimum atomic E-state index is -0.382. The van der Waals surface area contributed by atoms with Crippen molar-refractivity contribution in [3.63, 3.8) is 0 Å². The summed E-state index contributed by atoms with van der Waals surface area (Å²) in [6.07, 6.45) is 0. The second kappa shape index (κ2) is 5.88. The maximum atomic E-state index is 13.9. The molecule has 0 bridgehead atoms. The molecule has 3 nitrogen and oxygen atoms in total. The van der Waals surface area contributed by atoms with Gasteiger partial charge >= 0.3 is 0 Å². The van der Waals surface area contributed by atoms with E-state index in [0.717, 1.165) is 11.4 Å². The summed E-state index contributed by atoms with van der Waals surface area (Å²) < 4.78 is 13.9. The molecule has 0 atom stereocenters. The Bertz CT molecular complexity index is 624. The van der Waals surface area contributed by atoms with Crippen LogP contribution in [0.5, 0.6) is 0 Å². The van der Waals surface area contributed by atoms with E-state index in [1.165, 1.54) is 6.07 Å². The van der Waals surface area contributed by atoms with E-state index in [1.54, 1.807) is 12.1 Å². The quantitative estimate of drug-likeness (QED) is 0.848. The number of benzene rings is 2. The van der Waals surface area contributed by atoms with Gasteiger partial charge in [0.05, 0.1) is 5.69 Å². The third-order valence-corrected chi connectivity index (χ3v) is 3.15. The van der Waals surface area contributed by atoms with Crippen LogP contribution < -0.4 is 16.0 Å². The highest BCUT2D eigenvalue weighted by molar-refractivity contribution is 7.80. The largest absolute Gasteiger partial charge is 0.389 e. The number of nitrogens with two attached hydrogens (primary N) is 1. The van der Waals surface area contributed by atoms with Crippen molar-refractivity contribution >= 4 is 34.3 Å². The zero-order valence-electron chi connectivity index (χ0n) is 11.4. The summed E-state index contributed by atoms with van der Waals surface area (Å²) in [4.78, 5) is 2.19. The van der Waals surface area contributed by atoms with Crippen LogP contribution in [0.1, 0.15) is 5.56 Å². The van der Waals surface area contributed by atoms with Crippen molar-refractivity contribution < 1.29 is 4.39 Å². The lowest BCUT2D eigenvalue weighted by Crippen LogP contribution is -2.10. The van der Waals surface area contributed by atoms with Gasteiger partial charge in [-0.15, -0.1) is 0 Å². The third-order valence-electron chi connectivity index (χ3n) is 2.92. The Morgan fingerprint density at radius 3 is 2.30 bits per heavy atom. The summed E-state index contributed by atoms with van der Waals surface area (Å²) in [5.41, 5.74) is 8.28. The van der Waals surface area contributed by atoms with Gasteiger partial charge in [0, 0.05) is 31.0 Å². The molecule has 2 aromatic carbocycles. The van der Waals surface area contributed by atoms with E-state index in [2.05, 4.69) is 5.32 Å². The van der Waals surface area contributed by atoms with Gasteiger partial charge in [-0.3, -0.25) is 0 Å². The lowest BCUT2D eigenvalue weighted by Gasteiger charge is -2.14. The van der Waals surface area contributed by atoms with E-state index in [0.29, 0.717) is 11.3 Å². The first kappa shape index (κ1) is 14.3. The average Bonchev–Trinajstić information content (AvgIpc) is 2.41. The van der Waals surface area contributed by atoms with Crippen LogP contribution in [0, 0.1) is 5.82 Å². The summed E-state index contributed by atoms with van der Waals surface area (Å²) in [7, 11) is 3.94. The second-order valence-electron chi connectivity index (χ2n) is 4.63. The van der Waals surface area contributed by atoms with Crippen LogP contribution in [0.2, 0.25) is 0 Å². The van der Waals surface area contributed by atoms with Crippen molar-refractivity contribution in [3.05, 3.63) is 53.8 Å². The zero-order chi connectivity index (χ0) is 14.7. The van der Waals surface area contributed by atoms with Crippen molar-refractivity contribution in [2.24, 2.45) is 5.73 Å². The smallest absolute Gasteiger partial charge is 0.147 e. The van der Waals surface area contributed by atoms with Crippen molar-refractivity contribution in [3.8, 4) is 0 Å². The van der Waals surface area contributed by atoms with E-state index < -0.39 is 0 Å². The minimum Gasteiger partial charge on any atom is -0.389 e. The molecule has 0 aliphatic heterocycles. The highest BCUT2D eigenvalue weighted by Gasteiger charge is 2.05. The molecule has 104 valence electrons. The monoisotopic (exact) mass is 289 g/mol. The fourth-order valence-electron chi connectivity index (χ4n) is 1.77. The molecule has 3 N–H and O–H groups in total. The Morgan fingerprint density at radius 1 is 1.15 bits per heavy atom. The van der Waals surface area contributed by atoms with Gasteiger partial charge in [-0.2, -0.15) is 0 Å². The summed E-state index contributed by atoms with van der Waals surface area (Å²) >= 11 is 4.82. The lowest BCUT2D eigenvalue weighted by atomic mass is 10.2. The van der Waals surface area contributed by atoms with Gasteiger partial charge in [-0.1, -0.05) is 12.2 Å². The Balaban J connectivity index is 2.19. The predicted octanol–water partition coefficient (Wildman–Crippen LogP) is 3.27. The van der Waals surface area contributed by atoms with Gasteiger partial charge in [0.2, 0.25) is 0 Å². The molecule has 0 saturated carbocycles. The molecule has 0 saturated heterocycles. The molecule has 2 aromatic rings. The lowest BCUT2D eigenvalue weighted by molar-refractivity contribution is 0.631.